The molecule has 1 aromatic carbocycles. The van der Waals surface area contributed by atoms with E-state index in [0.29, 0.717) is 18.8 Å². The molecule has 6 heteroatoms. The first-order chi connectivity index (χ1) is 8.20. The SMILES string of the molecule is Cc1nonc1COc1ccc(Br)cc1CN. The summed E-state index contributed by atoms with van der Waals surface area (Å²) in [6.45, 7) is 2.56. The lowest BCUT2D eigenvalue weighted by atomic mass is 10.2. The van der Waals surface area contributed by atoms with Crippen molar-refractivity contribution >= 4 is 15.9 Å². The average molecular weight is 298 g/mol. The molecule has 2 aromatic rings. The minimum atomic E-state index is 0.323. The molecule has 0 atom stereocenters. The van der Waals surface area contributed by atoms with Crippen molar-refractivity contribution in [2.24, 2.45) is 5.73 Å². The molecule has 0 saturated carbocycles. The molecule has 0 radical (unpaired) electrons. The molecule has 0 amide bonds. The lowest BCUT2D eigenvalue weighted by Gasteiger charge is -2.09. The highest BCUT2D eigenvalue weighted by Gasteiger charge is 2.08. The second-order valence-corrected chi connectivity index (χ2v) is 4.46. The Morgan fingerprint density at radius 3 is 2.88 bits per heavy atom. The zero-order valence-electron chi connectivity index (χ0n) is 9.31. The first-order valence-electron chi connectivity index (χ1n) is 5.10. The molecule has 90 valence electrons. The summed E-state index contributed by atoms with van der Waals surface area (Å²) in [5, 5.41) is 7.44. The molecule has 2 N–H and O–H groups in total. The smallest absolute Gasteiger partial charge is 0.145 e. The van der Waals surface area contributed by atoms with E-state index in [0.717, 1.165) is 21.5 Å². The van der Waals surface area contributed by atoms with Gasteiger partial charge in [-0.3, -0.25) is 0 Å². The van der Waals surface area contributed by atoms with Crippen LogP contribution in [0.25, 0.3) is 0 Å². The van der Waals surface area contributed by atoms with Crippen LogP contribution < -0.4 is 10.5 Å². The third kappa shape index (κ3) is 2.83. The summed E-state index contributed by atoms with van der Waals surface area (Å²) in [4.78, 5) is 0. The predicted molar refractivity (Wildman–Crippen MR) is 65.4 cm³/mol. The highest BCUT2D eigenvalue weighted by molar-refractivity contribution is 9.10. The Kier molecular flexibility index (Phi) is 3.75. The molecule has 1 heterocycles. The molecule has 0 spiro atoms. The second kappa shape index (κ2) is 5.29. The molecule has 1 aromatic heterocycles. The molecular weight excluding hydrogens is 286 g/mol. The van der Waals surface area contributed by atoms with Gasteiger partial charge in [0.25, 0.3) is 0 Å². The number of hydrogen-bond acceptors (Lipinski definition) is 5. The van der Waals surface area contributed by atoms with Crippen LogP contribution in [-0.2, 0) is 13.2 Å². The van der Waals surface area contributed by atoms with Crippen molar-refractivity contribution in [3.63, 3.8) is 0 Å². The van der Waals surface area contributed by atoms with Gasteiger partial charge in [-0.15, -0.1) is 0 Å². The fourth-order valence-corrected chi connectivity index (χ4v) is 1.78. The van der Waals surface area contributed by atoms with E-state index in [1.54, 1.807) is 0 Å². The van der Waals surface area contributed by atoms with Crippen LogP contribution in [0.3, 0.4) is 0 Å². The van der Waals surface area contributed by atoms with Crippen molar-refractivity contribution in [3.05, 3.63) is 39.6 Å². The van der Waals surface area contributed by atoms with Crippen molar-refractivity contribution < 1.29 is 9.37 Å². The lowest BCUT2D eigenvalue weighted by Crippen LogP contribution is -2.03. The average Bonchev–Trinajstić information content (AvgIpc) is 2.73. The number of halogens is 1. The Bertz CT molecular complexity index is 513. The minimum absolute atomic E-state index is 0.323. The van der Waals surface area contributed by atoms with Crippen LogP contribution in [0.1, 0.15) is 17.0 Å². The van der Waals surface area contributed by atoms with Crippen molar-refractivity contribution in [2.75, 3.05) is 0 Å². The van der Waals surface area contributed by atoms with Crippen LogP contribution in [0.4, 0.5) is 0 Å². The van der Waals surface area contributed by atoms with Gasteiger partial charge in [-0.05, 0) is 25.1 Å². The van der Waals surface area contributed by atoms with Crippen molar-refractivity contribution in [1.29, 1.82) is 0 Å². The number of aryl methyl sites for hydroxylation is 1. The van der Waals surface area contributed by atoms with Gasteiger partial charge in [0.05, 0.1) is 0 Å². The fourth-order valence-electron chi connectivity index (χ4n) is 1.37. The summed E-state index contributed by atoms with van der Waals surface area (Å²) in [7, 11) is 0. The second-order valence-electron chi connectivity index (χ2n) is 3.54. The normalized spacial score (nSPS) is 10.5. The summed E-state index contributed by atoms with van der Waals surface area (Å²) >= 11 is 3.39. The largest absolute Gasteiger partial charge is 0.487 e. The zero-order chi connectivity index (χ0) is 12.3. The number of hydrogen-bond donors (Lipinski definition) is 1. The molecule has 5 nitrogen and oxygen atoms in total. The van der Waals surface area contributed by atoms with E-state index in [9.17, 15) is 0 Å². The third-order valence-corrected chi connectivity index (χ3v) is 2.85. The van der Waals surface area contributed by atoms with Crippen LogP contribution in [0.2, 0.25) is 0 Å². The first kappa shape index (κ1) is 12.1. The Morgan fingerprint density at radius 2 is 2.24 bits per heavy atom. The van der Waals surface area contributed by atoms with Crippen LogP contribution in [0, 0.1) is 6.92 Å². The molecule has 0 aliphatic rings. The molecule has 0 saturated heterocycles. The van der Waals surface area contributed by atoms with Gasteiger partial charge in [-0.2, -0.15) is 0 Å². The van der Waals surface area contributed by atoms with E-state index in [1.807, 2.05) is 25.1 Å². The Hall–Kier alpha value is -1.40. The Balaban J connectivity index is 2.11. The highest BCUT2D eigenvalue weighted by Crippen LogP contribution is 2.23. The summed E-state index contributed by atoms with van der Waals surface area (Å²) in [5.74, 6) is 0.748. The molecule has 0 fully saturated rings. The molecule has 0 aliphatic carbocycles. The van der Waals surface area contributed by atoms with E-state index >= 15 is 0 Å². The van der Waals surface area contributed by atoms with Gasteiger partial charge >= 0.3 is 0 Å². The predicted octanol–water partition coefficient (Wildman–Crippen LogP) is 2.18. The van der Waals surface area contributed by atoms with E-state index in [-0.39, 0.29) is 0 Å². The van der Waals surface area contributed by atoms with Gasteiger partial charge in [0, 0.05) is 16.6 Å². The van der Waals surface area contributed by atoms with Crippen molar-refractivity contribution in [3.8, 4) is 5.75 Å². The number of rotatable bonds is 4. The number of aromatic nitrogens is 2. The molecule has 2 rings (SSSR count). The summed E-state index contributed by atoms with van der Waals surface area (Å²) < 4.78 is 11.2. The van der Waals surface area contributed by atoms with Crippen molar-refractivity contribution in [2.45, 2.75) is 20.1 Å². The van der Waals surface area contributed by atoms with Gasteiger partial charge in [-0.1, -0.05) is 26.2 Å². The maximum atomic E-state index is 5.65. The highest BCUT2D eigenvalue weighted by atomic mass is 79.9. The summed E-state index contributed by atoms with van der Waals surface area (Å²) in [6.07, 6.45) is 0. The van der Waals surface area contributed by atoms with Crippen LogP contribution in [0.5, 0.6) is 5.75 Å². The van der Waals surface area contributed by atoms with E-state index in [1.165, 1.54) is 0 Å². The molecule has 17 heavy (non-hydrogen) atoms. The molecule has 0 bridgehead atoms. The minimum Gasteiger partial charge on any atom is -0.487 e. The number of benzene rings is 1. The molecular formula is C11H12BrN3O2. The lowest BCUT2D eigenvalue weighted by molar-refractivity contribution is 0.268. The first-order valence-corrected chi connectivity index (χ1v) is 5.89. The summed E-state index contributed by atoms with van der Waals surface area (Å²) in [6, 6.07) is 5.71. The van der Waals surface area contributed by atoms with Crippen LogP contribution in [0.15, 0.2) is 27.3 Å². The Morgan fingerprint density at radius 1 is 1.41 bits per heavy atom. The molecule has 0 aliphatic heterocycles. The Labute approximate surface area is 107 Å². The van der Waals surface area contributed by atoms with Gasteiger partial charge in [0.2, 0.25) is 0 Å². The zero-order valence-corrected chi connectivity index (χ0v) is 10.9. The van der Waals surface area contributed by atoms with E-state index < -0.39 is 0 Å². The van der Waals surface area contributed by atoms with Gasteiger partial charge in [-0.25, -0.2) is 4.63 Å². The van der Waals surface area contributed by atoms with Gasteiger partial charge in [0.15, 0.2) is 0 Å². The number of ether oxygens (including phenoxy) is 1. The quantitative estimate of drug-likeness (QED) is 0.936. The van der Waals surface area contributed by atoms with Crippen molar-refractivity contribution in [1.82, 2.24) is 10.3 Å². The van der Waals surface area contributed by atoms with Gasteiger partial charge < -0.3 is 10.5 Å². The summed E-state index contributed by atoms with van der Waals surface area (Å²) in [5.41, 5.74) is 8.01. The maximum Gasteiger partial charge on any atom is 0.145 e. The topological polar surface area (TPSA) is 74.2 Å². The van der Waals surface area contributed by atoms with E-state index in [4.69, 9.17) is 10.5 Å². The fraction of sp³-hybridized carbons (Fsp3) is 0.273. The standard InChI is InChI=1S/C11H12BrN3O2/c1-7-10(15-17-14-7)6-16-11-3-2-9(12)4-8(11)5-13/h2-4H,5-6,13H2,1H3. The third-order valence-electron chi connectivity index (χ3n) is 2.35. The van der Waals surface area contributed by atoms with Gasteiger partial charge in [0.1, 0.15) is 23.7 Å². The maximum absolute atomic E-state index is 5.65. The van der Waals surface area contributed by atoms with E-state index in [2.05, 4.69) is 30.9 Å². The van der Waals surface area contributed by atoms with Crippen LogP contribution in [-0.4, -0.2) is 10.3 Å². The monoisotopic (exact) mass is 297 g/mol. The number of nitrogens with zero attached hydrogens (tertiary/aromatic N) is 2. The number of nitrogens with two attached hydrogens (primary N) is 1. The van der Waals surface area contributed by atoms with Crippen LogP contribution >= 0.6 is 15.9 Å². The molecule has 0 unspecified atom stereocenters.